The van der Waals surface area contributed by atoms with Gasteiger partial charge in [0.2, 0.25) is 0 Å². The predicted molar refractivity (Wildman–Crippen MR) is 92.7 cm³/mol. The third kappa shape index (κ3) is 4.20. The highest BCUT2D eigenvalue weighted by Gasteiger charge is 2.43. The van der Waals surface area contributed by atoms with Crippen molar-refractivity contribution in [2.24, 2.45) is 17.8 Å². The maximum absolute atomic E-state index is 12.2. The highest BCUT2D eigenvalue weighted by Crippen LogP contribution is 2.43. The van der Waals surface area contributed by atoms with Gasteiger partial charge in [0.25, 0.3) is 0 Å². The minimum Gasteiger partial charge on any atom is -0.444 e. The zero-order valence-electron chi connectivity index (χ0n) is 14.2. The fourth-order valence-electron chi connectivity index (χ4n) is 4.02. The van der Waals surface area contributed by atoms with Gasteiger partial charge < -0.3 is 9.64 Å². The monoisotopic (exact) mass is 335 g/mol. The fourth-order valence-corrected chi connectivity index (χ4v) is 4.15. The molecule has 1 amide bonds. The number of nitrogens with zero attached hydrogens (tertiary/aromatic N) is 1. The number of ether oxygens (including phenoxy) is 1. The molecular formula is C19H26ClNO2. The third-order valence-electron chi connectivity index (χ3n) is 4.94. The van der Waals surface area contributed by atoms with Crippen molar-refractivity contribution in [1.29, 1.82) is 0 Å². The largest absolute Gasteiger partial charge is 0.444 e. The summed E-state index contributed by atoms with van der Waals surface area (Å²) in [6.45, 7) is 7.48. The van der Waals surface area contributed by atoms with Gasteiger partial charge in [-0.3, -0.25) is 0 Å². The molecule has 0 aromatic heterocycles. The Morgan fingerprint density at radius 1 is 1.17 bits per heavy atom. The van der Waals surface area contributed by atoms with Crippen LogP contribution in [-0.2, 0) is 11.2 Å². The van der Waals surface area contributed by atoms with Crippen LogP contribution in [0, 0.1) is 17.8 Å². The van der Waals surface area contributed by atoms with Crippen LogP contribution in [0.1, 0.15) is 39.2 Å². The zero-order chi connectivity index (χ0) is 16.6. The van der Waals surface area contributed by atoms with Crippen LogP contribution in [0.15, 0.2) is 24.3 Å². The van der Waals surface area contributed by atoms with Crippen LogP contribution in [-0.4, -0.2) is 29.7 Å². The number of benzene rings is 1. The number of likely N-dealkylation sites (tertiary alicyclic amines) is 1. The molecule has 1 unspecified atom stereocenters. The van der Waals surface area contributed by atoms with E-state index in [-0.39, 0.29) is 6.09 Å². The number of fused-ring (bicyclic) bond motifs is 1. The lowest BCUT2D eigenvalue weighted by Gasteiger charge is -2.25. The summed E-state index contributed by atoms with van der Waals surface area (Å²) < 4.78 is 5.50. The molecule has 126 valence electrons. The van der Waals surface area contributed by atoms with Crippen molar-refractivity contribution in [2.75, 3.05) is 13.1 Å². The van der Waals surface area contributed by atoms with Gasteiger partial charge in [-0.2, -0.15) is 0 Å². The molecule has 4 heteroatoms. The summed E-state index contributed by atoms with van der Waals surface area (Å²) >= 11 is 5.95. The SMILES string of the molecule is CC(C)(C)OC(=O)N1C[C@H]2CC(Cc3ccc(Cl)cc3)C[C@H]2C1. The van der Waals surface area contributed by atoms with Crippen LogP contribution in [0.5, 0.6) is 0 Å². The van der Waals surface area contributed by atoms with E-state index in [4.69, 9.17) is 16.3 Å². The van der Waals surface area contributed by atoms with E-state index in [9.17, 15) is 4.79 Å². The molecule has 2 aliphatic rings. The minimum absolute atomic E-state index is 0.152. The molecule has 0 radical (unpaired) electrons. The summed E-state index contributed by atoms with van der Waals surface area (Å²) in [4.78, 5) is 14.1. The summed E-state index contributed by atoms with van der Waals surface area (Å²) in [7, 11) is 0. The number of carbonyl (C=O) groups excluding carboxylic acids is 1. The van der Waals surface area contributed by atoms with E-state index in [0.717, 1.165) is 30.5 Å². The van der Waals surface area contributed by atoms with Gasteiger partial charge in [0.1, 0.15) is 5.60 Å². The van der Waals surface area contributed by atoms with Crippen LogP contribution in [0.3, 0.4) is 0 Å². The molecule has 1 aromatic rings. The van der Waals surface area contributed by atoms with Gasteiger partial charge >= 0.3 is 6.09 Å². The topological polar surface area (TPSA) is 29.5 Å². The first-order chi connectivity index (χ1) is 10.8. The highest BCUT2D eigenvalue weighted by molar-refractivity contribution is 6.30. The normalized spacial score (nSPS) is 27.1. The van der Waals surface area contributed by atoms with Gasteiger partial charge in [-0.15, -0.1) is 0 Å². The Kier molecular flexibility index (Phi) is 4.59. The second-order valence-electron chi connectivity index (χ2n) is 8.07. The van der Waals surface area contributed by atoms with E-state index >= 15 is 0 Å². The van der Waals surface area contributed by atoms with E-state index in [0.29, 0.717) is 11.8 Å². The van der Waals surface area contributed by atoms with Crippen LogP contribution in [0.4, 0.5) is 4.79 Å². The van der Waals surface area contributed by atoms with E-state index < -0.39 is 5.60 Å². The number of hydrogen-bond donors (Lipinski definition) is 0. The molecule has 1 aliphatic heterocycles. The second-order valence-corrected chi connectivity index (χ2v) is 8.51. The Bertz CT molecular complexity index is 550. The molecule has 1 saturated carbocycles. The maximum Gasteiger partial charge on any atom is 0.410 e. The Hall–Kier alpha value is -1.22. The molecule has 0 bridgehead atoms. The van der Waals surface area contributed by atoms with Crippen molar-refractivity contribution in [2.45, 2.75) is 45.6 Å². The Balaban J connectivity index is 1.51. The zero-order valence-corrected chi connectivity index (χ0v) is 15.0. The standard InChI is InChI=1S/C19H26ClNO2/c1-19(2,3)23-18(22)21-11-15-9-14(10-16(15)12-21)8-13-4-6-17(20)7-5-13/h4-7,14-16H,8-12H2,1-3H3/t14?,15-,16+. The number of rotatable bonds is 2. The highest BCUT2D eigenvalue weighted by atomic mass is 35.5. The summed E-state index contributed by atoms with van der Waals surface area (Å²) in [5.74, 6) is 2.01. The van der Waals surface area contributed by atoms with E-state index in [1.807, 2.05) is 37.8 Å². The van der Waals surface area contributed by atoms with Gasteiger partial charge in [0, 0.05) is 18.1 Å². The lowest BCUT2D eigenvalue weighted by Crippen LogP contribution is -2.36. The van der Waals surface area contributed by atoms with Gasteiger partial charge in [0.05, 0.1) is 0 Å². The van der Waals surface area contributed by atoms with Gasteiger partial charge in [-0.05, 0) is 75.5 Å². The molecule has 1 aliphatic carbocycles. The number of amides is 1. The smallest absolute Gasteiger partial charge is 0.410 e. The number of carbonyl (C=O) groups is 1. The van der Waals surface area contributed by atoms with Crippen molar-refractivity contribution >= 4 is 17.7 Å². The third-order valence-corrected chi connectivity index (χ3v) is 5.19. The van der Waals surface area contributed by atoms with Crippen LogP contribution < -0.4 is 0 Å². The van der Waals surface area contributed by atoms with Crippen molar-refractivity contribution < 1.29 is 9.53 Å². The molecule has 3 nitrogen and oxygen atoms in total. The summed E-state index contributed by atoms with van der Waals surface area (Å²) in [6.07, 6.45) is 3.40. The predicted octanol–water partition coefficient (Wildman–Crippen LogP) is 4.78. The van der Waals surface area contributed by atoms with Crippen LogP contribution in [0.25, 0.3) is 0 Å². The summed E-state index contributed by atoms with van der Waals surface area (Å²) in [6, 6.07) is 8.20. The van der Waals surface area contributed by atoms with Crippen LogP contribution in [0.2, 0.25) is 5.02 Å². The lowest BCUT2D eigenvalue weighted by atomic mass is 9.96. The van der Waals surface area contributed by atoms with E-state index in [1.54, 1.807) is 0 Å². The second kappa shape index (κ2) is 6.35. The summed E-state index contributed by atoms with van der Waals surface area (Å²) in [5, 5.41) is 0.796. The van der Waals surface area contributed by atoms with Gasteiger partial charge in [-0.25, -0.2) is 4.79 Å². The maximum atomic E-state index is 12.2. The minimum atomic E-state index is -0.411. The first-order valence-corrected chi connectivity index (χ1v) is 8.90. The molecule has 23 heavy (non-hydrogen) atoms. The number of halogens is 1. The van der Waals surface area contributed by atoms with Crippen molar-refractivity contribution in [3.63, 3.8) is 0 Å². The van der Waals surface area contributed by atoms with E-state index in [2.05, 4.69) is 12.1 Å². The lowest BCUT2D eigenvalue weighted by molar-refractivity contribution is 0.0277. The quantitative estimate of drug-likeness (QED) is 0.778. The molecule has 0 N–H and O–H groups in total. The van der Waals surface area contributed by atoms with Crippen molar-refractivity contribution in [1.82, 2.24) is 4.90 Å². The molecule has 0 spiro atoms. The Morgan fingerprint density at radius 3 is 2.26 bits per heavy atom. The van der Waals surface area contributed by atoms with Crippen LogP contribution >= 0.6 is 11.6 Å². The first-order valence-electron chi connectivity index (χ1n) is 8.52. The fraction of sp³-hybridized carbons (Fsp3) is 0.632. The van der Waals surface area contributed by atoms with Crippen molar-refractivity contribution in [3.8, 4) is 0 Å². The van der Waals surface area contributed by atoms with Crippen molar-refractivity contribution in [3.05, 3.63) is 34.9 Å². The average molecular weight is 336 g/mol. The molecule has 1 heterocycles. The molecule has 1 aromatic carbocycles. The molecular weight excluding hydrogens is 310 g/mol. The molecule has 1 saturated heterocycles. The van der Waals surface area contributed by atoms with Gasteiger partial charge in [-0.1, -0.05) is 23.7 Å². The molecule has 2 fully saturated rings. The average Bonchev–Trinajstić information content (AvgIpc) is 2.97. The molecule has 3 rings (SSSR count). The first kappa shape index (κ1) is 16.6. The molecule has 3 atom stereocenters. The number of hydrogen-bond acceptors (Lipinski definition) is 2. The Morgan fingerprint density at radius 2 is 1.74 bits per heavy atom. The van der Waals surface area contributed by atoms with Gasteiger partial charge in [0.15, 0.2) is 0 Å². The van der Waals surface area contributed by atoms with E-state index in [1.165, 1.54) is 18.4 Å². The summed E-state index contributed by atoms with van der Waals surface area (Å²) in [5.41, 5.74) is 0.953. The Labute approximate surface area is 144 Å².